The van der Waals surface area contributed by atoms with E-state index in [1.807, 2.05) is 6.92 Å². The predicted molar refractivity (Wildman–Crippen MR) is 116 cm³/mol. The first kappa shape index (κ1) is 29.3. The smallest absolute Gasteiger partial charge is 0.274 e. The van der Waals surface area contributed by atoms with Crippen molar-refractivity contribution >= 4 is 11.8 Å². The Morgan fingerprint density at radius 3 is 1.44 bits per heavy atom. The number of amides is 2. The van der Waals surface area contributed by atoms with Crippen molar-refractivity contribution in [2.75, 3.05) is 6.54 Å². The maximum absolute atomic E-state index is 14.6. The molecule has 0 radical (unpaired) electrons. The van der Waals surface area contributed by atoms with Crippen LogP contribution in [0.25, 0.3) is 0 Å². The van der Waals surface area contributed by atoms with Crippen LogP contribution in [0.15, 0.2) is 36.4 Å². The molecule has 198 valence electrons. The third kappa shape index (κ3) is 7.27. The van der Waals surface area contributed by atoms with E-state index in [-0.39, 0.29) is 6.42 Å². The molecule has 0 unspecified atom stereocenters. The summed E-state index contributed by atoms with van der Waals surface area (Å²) in [6.45, 7) is 1.58. The Kier molecular flexibility index (Phi) is 10.0. The zero-order valence-corrected chi connectivity index (χ0v) is 19.4. The molecule has 0 aromatic heterocycles. The van der Waals surface area contributed by atoms with E-state index in [9.17, 15) is 44.7 Å². The Labute approximate surface area is 203 Å². The molecule has 0 atom stereocenters. The molecule has 0 N–H and O–H groups in total. The van der Waals surface area contributed by atoms with Gasteiger partial charge >= 0.3 is 12.4 Å². The van der Waals surface area contributed by atoms with Gasteiger partial charge in [-0.3, -0.25) is 14.5 Å². The Morgan fingerprint density at radius 1 is 0.667 bits per heavy atom. The van der Waals surface area contributed by atoms with Gasteiger partial charge in [-0.2, -0.15) is 26.3 Å². The molecule has 3 nitrogen and oxygen atoms in total. The minimum atomic E-state index is -5.14. The highest BCUT2D eigenvalue weighted by atomic mass is 19.4. The number of hydrogen-bond donors (Lipinski definition) is 0. The highest BCUT2D eigenvalue weighted by Gasteiger charge is 2.39. The highest BCUT2D eigenvalue weighted by molar-refractivity contribution is 6.10. The molecule has 0 heterocycles. The van der Waals surface area contributed by atoms with E-state index >= 15 is 0 Å². The molecule has 0 saturated heterocycles. The second-order valence-electron chi connectivity index (χ2n) is 8.21. The van der Waals surface area contributed by atoms with Gasteiger partial charge < -0.3 is 0 Å². The maximum Gasteiger partial charge on any atom is 0.419 e. The summed E-state index contributed by atoms with van der Waals surface area (Å²) in [5.41, 5.74) is -5.70. The van der Waals surface area contributed by atoms with Crippen LogP contribution in [0.5, 0.6) is 0 Å². The van der Waals surface area contributed by atoms with Gasteiger partial charge in [-0.05, 0) is 30.7 Å². The van der Waals surface area contributed by atoms with Crippen LogP contribution in [0.3, 0.4) is 0 Å². The van der Waals surface area contributed by atoms with E-state index in [4.69, 9.17) is 0 Å². The molecule has 0 saturated carbocycles. The van der Waals surface area contributed by atoms with Gasteiger partial charge in [0.15, 0.2) is 0 Å². The van der Waals surface area contributed by atoms with Gasteiger partial charge in [0.05, 0.1) is 22.3 Å². The normalized spacial score (nSPS) is 12.0. The molecular weight excluding hydrogens is 498 g/mol. The van der Waals surface area contributed by atoms with Crippen LogP contribution in [0, 0.1) is 11.6 Å². The lowest BCUT2D eigenvalue weighted by atomic mass is 10.0. The lowest BCUT2D eigenvalue weighted by Gasteiger charge is -2.23. The molecular formula is C25H25F8NO2. The Morgan fingerprint density at radius 2 is 1.06 bits per heavy atom. The largest absolute Gasteiger partial charge is 0.419 e. The first-order valence-electron chi connectivity index (χ1n) is 11.4. The minimum absolute atomic E-state index is 0.144. The fourth-order valence-corrected chi connectivity index (χ4v) is 3.65. The standard InChI is InChI=1S/C25H25F8NO2/c1-2-3-4-5-6-7-8-15-34(22(35)16-11-9-13-18(20(16)26)24(28,29)30)23(36)17-12-10-14-19(21(17)27)25(31,32)33/h9-14H,2-8,15H2,1H3. The van der Waals surface area contributed by atoms with Gasteiger partial charge in [0, 0.05) is 6.54 Å². The van der Waals surface area contributed by atoms with Crippen LogP contribution in [0.4, 0.5) is 35.1 Å². The van der Waals surface area contributed by atoms with Crippen LogP contribution in [0.2, 0.25) is 0 Å². The molecule has 11 heteroatoms. The van der Waals surface area contributed by atoms with Gasteiger partial charge in [0.1, 0.15) is 11.6 Å². The summed E-state index contributed by atoms with van der Waals surface area (Å²) >= 11 is 0. The molecule has 0 aliphatic rings. The summed E-state index contributed by atoms with van der Waals surface area (Å²) in [5.74, 6) is -6.88. The Bertz CT molecular complexity index is 988. The molecule has 2 aromatic carbocycles. The molecule has 2 amide bonds. The van der Waals surface area contributed by atoms with Crippen LogP contribution < -0.4 is 0 Å². The quantitative estimate of drug-likeness (QED) is 0.180. The van der Waals surface area contributed by atoms with Gasteiger partial charge in [0.25, 0.3) is 11.8 Å². The van der Waals surface area contributed by atoms with Crippen LogP contribution in [0.1, 0.15) is 83.7 Å². The lowest BCUT2D eigenvalue weighted by molar-refractivity contribution is -0.140. The number of benzene rings is 2. The molecule has 0 bridgehead atoms. The number of carbonyl (C=O) groups is 2. The first-order chi connectivity index (χ1) is 16.8. The number of unbranched alkanes of at least 4 members (excludes halogenated alkanes) is 6. The van der Waals surface area contributed by atoms with Crippen LogP contribution in [-0.4, -0.2) is 23.3 Å². The summed E-state index contributed by atoms with van der Waals surface area (Å²) in [6, 6.07) is 3.78. The van der Waals surface area contributed by atoms with Gasteiger partial charge in [0.2, 0.25) is 0 Å². The van der Waals surface area contributed by atoms with E-state index in [1.165, 1.54) is 0 Å². The number of carbonyl (C=O) groups excluding carboxylic acids is 2. The van der Waals surface area contributed by atoms with Crippen molar-refractivity contribution in [1.82, 2.24) is 4.90 Å². The average Bonchev–Trinajstić information content (AvgIpc) is 2.79. The third-order valence-corrected chi connectivity index (χ3v) is 5.54. The van der Waals surface area contributed by atoms with Crippen molar-refractivity contribution < 1.29 is 44.7 Å². The van der Waals surface area contributed by atoms with Crippen LogP contribution >= 0.6 is 0 Å². The Hall–Kier alpha value is -2.98. The van der Waals surface area contributed by atoms with E-state index in [0.29, 0.717) is 29.9 Å². The number of imide groups is 1. The van der Waals surface area contributed by atoms with Crippen molar-refractivity contribution in [2.24, 2.45) is 0 Å². The molecule has 0 spiro atoms. The van der Waals surface area contributed by atoms with E-state index in [2.05, 4.69) is 0 Å². The monoisotopic (exact) mass is 523 g/mol. The van der Waals surface area contributed by atoms with Gasteiger partial charge in [-0.25, -0.2) is 8.78 Å². The molecule has 2 aromatic rings. The van der Waals surface area contributed by atoms with Crippen molar-refractivity contribution in [3.05, 3.63) is 70.3 Å². The fraction of sp³-hybridized carbons (Fsp3) is 0.440. The van der Waals surface area contributed by atoms with E-state index in [1.54, 1.807) is 0 Å². The van der Waals surface area contributed by atoms with Crippen molar-refractivity contribution in [3.63, 3.8) is 0 Å². The summed E-state index contributed by atoms with van der Waals surface area (Å²) in [6.07, 6.45) is -5.15. The van der Waals surface area contributed by atoms with Crippen molar-refractivity contribution in [2.45, 2.75) is 64.2 Å². The van der Waals surface area contributed by atoms with Crippen molar-refractivity contribution in [3.8, 4) is 0 Å². The molecule has 2 rings (SSSR count). The second-order valence-corrected chi connectivity index (χ2v) is 8.21. The first-order valence-corrected chi connectivity index (χ1v) is 11.4. The molecule has 0 fully saturated rings. The van der Waals surface area contributed by atoms with Gasteiger partial charge in [-0.15, -0.1) is 0 Å². The van der Waals surface area contributed by atoms with E-state index in [0.717, 1.165) is 49.9 Å². The fourth-order valence-electron chi connectivity index (χ4n) is 3.65. The van der Waals surface area contributed by atoms with Crippen molar-refractivity contribution in [1.29, 1.82) is 0 Å². The third-order valence-electron chi connectivity index (χ3n) is 5.54. The van der Waals surface area contributed by atoms with E-state index < -0.39 is 64.6 Å². The second kappa shape index (κ2) is 12.3. The highest BCUT2D eigenvalue weighted by Crippen LogP contribution is 2.34. The number of nitrogens with zero attached hydrogens (tertiary/aromatic N) is 1. The lowest BCUT2D eigenvalue weighted by Crippen LogP contribution is -2.39. The zero-order valence-electron chi connectivity index (χ0n) is 19.4. The number of halogens is 8. The summed E-state index contributed by atoms with van der Waals surface area (Å²) in [5, 5.41) is 0. The minimum Gasteiger partial charge on any atom is -0.274 e. The number of rotatable bonds is 10. The Balaban J connectivity index is 2.41. The SMILES string of the molecule is CCCCCCCCCN(C(=O)c1cccc(C(F)(F)F)c1F)C(=O)c1cccc(C(F)(F)F)c1F. The predicted octanol–water partition coefficient (Wildman–Crippen LogP) is 8.04. The molecule has 0 aliphatic carbocycles. The summed E-state index contributed by atoms with van der Waals surface area (Å²) in [4.78, 5) is 26.3. The van der Waals surface area contributed by atoms with Crippen LogP contribution in [-0.2, 0) is 12.4 Å². The zero-order chi connectivity index (χ0) is 27.1. The number of alkyl halides is 6. The topological polar surface area (TPSA) is 37.4 Å². The summed E-state index contributed by atoms with van der Waals surface area (Å²) in [7, 11) is 0. The number of hydrogen-bond acceptors (Lipinski definition) is 2. The molecule has 36 heavy (non-hydrogen) atoms. The summed E-state index contributed by atoms with van der Waals surface area (Å²) < 4.78 is 108. The molecule has 0 aliphatic heterocycles. The van der Waals surface area contributed by atoms with Gasteiger partial charge in [-0.1, -0.05) is 57.6 Å². The average molecular weight is 523 g/mol. The maximum atomic E-state index is 14.6.